The standard InChI is InChI=1S/2C14H31N.C7H6O2.ClH/c2*1-4-5-6-7-8-9-10-11-12-13-14-15(2)3;8-7(9)6-4-2-1-3-5-6;/h2*4-14H2,1-3H3;1-5H,(H,8,9);1H. The monoisotopic (exact) mass is 585 g/mol. The second-order valence-electron chi connectivity index (χ2n) is 11.6. The third-order valence-electron chi connectivity index (χ3n) is 6.94. The molecule has 0 aliphatic rings. The van der Waals surface area contributed by atoms with Crippen LogP contribution in [0.4, 0.5) is 0 Å². The van der Waals surface area contributed by atoms with Crippen molar-refractivity contribution in [3.63, 3.8) is 0 Å². The van der Waals surface area contributed by atoms with Crippen LogP contribution in [0.3, 0.4) is 0 Å². The molecule has 0 radical (unpaired) electrons. The molecule has 0 atom stereocenters. The molecule has 0 aliphatic carbocycles. The van der Waals surface area contributed by atoms with E-state index >= 15 is 0 Å². The molecule has 0 bridgehead atoms. The molecule has 1 N–H and O–H groups in total. The molecule has 5 heteroatoms. The highest BCUT2D eigenvalue weighted by Crippen LogP contribution is 2.11. The summed E-state index contributed by atoms with van der Waals surface area (Å²) in [5.74, 6) is -0.879. The van der Waals surface area contributed by atoms with E-state index in [0.29, 0.717) is 5.56 Å². The van der Waals surface area contributed by atoms with Crippen molar-refractivity contribution in [1.29, 1.82) is 0 Å². The van der Waals surface area contributed by atoms with Gasteiger partial charge in [-0.2, -0.15) is 0 Å². The van der Waals surface area contributed by atoms with Gasteiger partial charge < -0.3 is 14.9 Å². The first kappa shape index (κ1) is 43.4. The summed E-state index contributed by atoms with van der Waals surface area (Å²) >= 11 is 0. The fourth-order valence-electron chi connectivity index (χ4n) is 4.41. The van der Waals surface area contributed by atoms with Crippen molar-refractivity contribution in [3.8, 4) is 0 Å². The summed E-state index contributed by atoms with van der Waals surface area (Å²) in [4.78, 5) is 14.8. The SMILES string of the molecule is CCCCCCCCCCCCN(C)C.CCCCCCCCCCCCN(C)C.Cl.O=C(O)c1ccccc1. The Bertz CT molecular complexity index is 568. The number of nitrogens with zero attached hydrogens (tertiary/aromatic N) is 2. The number of carbonyl (C=O) groups is 1. The molecule has 0 saturated heterocycles. The predicted octanol–water partition coefficient (Wildman–Crippen LogP) is 10.7. The normalized spacial score (nSPS) is 10.4. The molecule has 0 aliphatic heterocycles. The topological polar surface area (TPSA) is 43.8 Å². The highest BCUT2D eigenvalue weighted by Gasteiger charge is 1.97. The van der Waals surface area contributed by atoms with Crippen LogP contribution in [-0.4, -0.2) is 62.2 Å². The Hall–Kier alpha value is -1.10. The zero-order valence-corrected chi connectivity index (χ0v) is 28.4. The number of halogens is 1. The molecule has 0 aromatic heterocycles. The van der Waals surface area contributed by atoms with E-state index in [1.54, 1.807) is 30.3 Å². The minimum absolute atomic E-state index is 0. The van der Waals surface area contributed by atoms with E-state index in [0.717, 1.165) is 0 Å². The van der Waals surface area contributed by atoms with E-state index in [1.165, 1.54) is 142 Å². The van der Waals surface area contributed by atoms with Crippen LogP contribution in [0.5, 0.6) is 0 Å². The third-order valence-corrected chi connectivity index (χ3v) is 6.94. The van der Waals surface area contributed by atoms with Gasteiger partial charge in [0.1, 0.15) is 0 Å². The molecular weight excluding hydrogens is 516 g/mol. The molecule has 0 saturated carbocycles. The second-order valence-corrected chi connectivity index (χ2v) is 11.6. The Labute approximate surface area is 257 Å². The summed E-state index contributed by atoms with van der Waals surface area (Å²) in [6.07, 6.45) is 28.7. The number of unbranched alkanes of at least 4 members (excludes halogenated alkanes) is 18. The van der Waals surface area contributed by atoms with E-state index < -0.39 is 5.97 Å². The lowest BCUT2D eigenvalue weighted by molar-refractivity contribution is 0.0697. The van der Waals surface area contributed by atoms with Crippen molar-refractivity contribution in [2.75, 3.05) is 41.3 Å². The number of carboxylic acids is 1. The van der Waals surface area contributed by atoms with E-state index in [9.17, 15) is 4.79 Å². The molecule has 1 aromatic carbocycles. The van der Waals surface area contributed by atoms with Crippen molar-refractivity contribution in [3.05, 3.63) is 35.9 Å². The summed E-state index contributed by atoms with van der Waals surface area (Å²) in [6, 6.07) is 8.30. The lowest BCUT2D eigenvalue weighted by Gasteiger charge is -2.08. The highest BCUT2D eigenvalue weighted by atomic mass is 35.5. The van der Waals surface area contributed by atoms with Crippen LogP contribution < -0.4 is 0 Å². The first-order valence-corrected chi connectivity index (χ1v) is 16.4. The molecule has 0 amide bonds. The first-order chi connectivity index (χ1) is 18.8. The van der Waals surface area contributed by atoms with Crippen molar-refractivity contribution in [1.82, 2.24) is 9.80 Å². The van der Waals surface area contributed by atoms with Gasteiger partial charge in [-0.05, 0) is 66.3 Å². The van der Waals surface area contributed by atoms with Crippen molar-refractivity contribution >= 4 is 18.4 Å². The molecule has 1 aromatic rings. The molecule has 0 spiro atoms. The second kappa shape index (κ2) is 35.9. The summed E-state index contributed by atoms with van der Waals surface area (Å²) in [7, 11) is 8.64. The number of carboxylic acid groups (broad SMARTS) is 1. The molecule has 0 heterocycles. The summed E-state index contributed by atoms with van der Waals surface area (Å²) in [5, 5.41) is 8.38. The zero-order valence-electron chi connectivity index (χ0n) is 27.6. The fraction of sp³-hybridized carbons (Fsp3) is 0.800. The average Bonchev–Trinajstić information content (AvgIpc) is 2.92. The highest BCUT2D eigenvalue weighted by molar-refractivity contribution is 5.87. The number of rotatable bonds is 23. The largest absolute Gasteiger partial charge is 0.478 e. The van der Waals surface area contributed by atoms with E-state index in [4.69, 9.17) is 5.11 Å². The van der Waals surface area contributed by atoms with Crippen LogP contribution in [0, 0.1) is 0 Å². The van der Waals surface area contributed by atoms with Crippen LogP contribution in [0.15, 0.2) is 30.3 Å². The number of benzene rings is 1. The van der Waals surface area contributed by atoms with Gasteiger partial charge in [-0.3, -0.25) is 0 Å². The van der Waals surface area contributed by atoms with Crippen molar-refractivity contribution in [2.24, 2.45) is 0 Å². The summed E-state index contributed by atoms with van der Waals surface area (Å²) in [5.41, 5.74) is 0.331. The number of hydrogen-bond acceptors (Lipinski definition) is 3. The smallest absolute Gasteiger partial charge is 0.335 e. The third kappa shape index (κ3) is 39.0. The molecule has 238 valence electrons. The van der Waals surface area contributed by atoms with Crippen LogP contribution in [0.1, 0.15) is 153 Å². The lowest BCUT2D eigenvalue weighted by atomic mass is 10.1. The van der Waals surface area contributed by atoms with Gasteiger partial charge >= 0.3 is 5.97 Å². The van der Waals surface area contributed by atoms with Crippen molar-refractivity contribution in [2.45, 2.75) is 142 Å². The molecule has 1 rings (SSSR count). The zero-order chi connectivity index (χ0) is 29.4. The van der Waals surface area contributed by atoms with Gasteiger partial charge in [-0.1, -0.05) is 148 Å². The van der Waals surface area contributed by atoms with E-state index in [1.807, 2.05) is 0 Å². The Kier molecular flexibility index (Phi) is 38.9. The summed E-state index contributed by atoms with van der Waals surface area (Å²) < 4.78 is 0. The van der Waals surface area contributed by atoms with Gasteiger partial charge in [0.05, 0.1) is 5.56 Å². The average molecular weight is 585 g/mol. The Morgan fingerprint density at radius 2 is 0.800 bits per heavy atom. The molecule has 4 nitrogen and oxygen atoms in total. The lowest BCUT2D eigenvalue weighted by Crippen LogP contribution is -2.12. The van der Waals surface area contributed by atoms with E-state index in [-0.39, 0.29) is 12.4 Å². The van der Waals surface area contributed by atoms with Gasteiger partial charge in [0.2, 0.25) is 0 Å². The predicted molar refractivity (Wildman–Crippen MR) is 181 cm³/mol. The van der Waals surface area contributed by atoms with Gasteiger partial charge in [-0.25, -0.2) is 4.79 Å². The fourth-order valence-corrected chi connectivity index (χ4v) is 4.41. The Morgan fingerprint density at radius 1 is 0.525 bits per heavy atom. The first-order valence-electron chi connectivity index (χ1n) is 16.4. The maximum Gasteiger partial charge on any atom is 0.335 e. The van der Waals surface area contributed by atoms with Crippen LogP contribution in [-0.2, 0) is 0 Å². The van der Waals surface area contributed by atoms with Gasteiger partial charge in [0.25, 0.3) is 0 Å². The number of hydrogen-bond donors (Lipinski definition) is 1. The number of aromatic carboxylic acids is 1. The van der Waals surface area contributed by atoms with E-state index in [2.05, 4.69) is 51.8 Å². The van der Waals surface area contributed by atoms with Crippen LogP contribution in [0.2, 0.25) is 0 Å². The molecule has 0 fully saturated rings. The maximum atomic E-state index is 10.2. The Morgan fingerprint density at radius 3 is 1.02 bits per heavy atom. The quantitative estimate of drug-likeness (QED) is 0.130. The molecular formula is C35H69ClN2O2. The van der Waals surface area contributed by atoms with Crippen LogP contribution >= 0.6 is 12.4 Å². The van der Waals surface area contributed by atoms with Gasteiger partial charge in [0, 0.05) is 0 Å². The Balaban J connectivity index is -0.000000522. The van der Waals surface area contributed by atoms with Gasteiger partial charge in [-0.15, -0.1) is 12.4 Å². The summed E-state index contributed by atoms with van der Waals surface area (Å²) in [6.45, 7) is 7.09. The maximum absolute atomic E-state index is 10.2. The van der Waals surface area contributed by atoms with Gasteiger partial charge in [0.15, 0.2) is 0 Å². The minimum Gasteiger partial charge on any atom is -0.478 e. The van der Waals surface area contributed by atoms with Crippen molar-refractivity contribution < 1.29 is 9.90 Å². The molecule has 40 heavy (non-hydrogen) atoms. The van der Waals surface area contributed by atoms with Crippen LogP contribution in [0.25, 0.3) is 0 Å². The minimum atomic E-state index is -0.879. The molecule has 0 unspecified atom stereocenters.